The second kappa shape index (κ2) is 11.7. The van der Waals surface area contributed by atoms with Gasteiger partial charge < -0.3 is 19.2 Å². The molecule has 12 rings (SSSR count). The van der Waals surface area contributed by atoms with E-state index in [4.69, 9.17) is 4.42 Å². The standard InChI is InChI=1S/C52H43BN3O/c1-31-19-22-33(23-20-31)54-41-28-37-34-13-6-10-18-46(34)57-47(37)30-36(41)38-29-45(56-43-17-9-7-15-39(43)51(3)25-11-12-26-52(51,56)4)48-35-14-5-8-16-42(35)55-44-24-21-32(2)27-40(44)53-49(38)50(48)55/h5-10,13-24,27-30,54H,11-12,25-26H2,1-4H3. The van der Waals surface area contributed by atoms with Crippen LogP contribution in [0.1, 0.15) is 56.2 Å². The SMILES string of the molecule is Cc1ccc(Nc2cc3c(cc2-c2cc(N4c5ccccc5C5(C)CCCCC45C)c4c5ccccc5n5c4c2[B]c2cc(C)ccc2-5)oc2ccccc23)cc1. The van der Waals surface area contributed by atoms with E-state index >= 15 is 0 Å². The molecule has 1 fully saturated rings. The molecule has 1 radical (unpaired) electrons. The van der Waals surface area contributed by atoms with Crippen LogP contribution in [0.15, 0.2) is 138 Å². The topological polar surface area (TPSA) is 33.3 Å². The first-order valence-electron chi connectivity index (χ1n) is 20.6. The number of nitrogens with zero attached hydrogens (tertiary/aromatic N) is 2. The van der Waals surface area contributed by atoms with Gasteiger partial charge in [0.2, 0.25) is 0 Å². The number of benzene rings is 7. The van der Waals surface area contributed by atoms with Crippen molar-refractivity contribution in [3.63, 3.8) is 0 Å². The molecule has 275 valence electrons. The van der Waals surface area contributed by atoms with Gasteiger partial charge in [-0.3, -0.25) is 0 Å². The number of nitrogens with one attached hydrogen (secondary N) is 1. The van der Waals surface area contributed by atoms with Crippen LogP contribution >= 0.6 is 0 Å². The predicted octanol–water partition coefficient (Wildman–Crippen LogP) is 12.4. The lowest BCUT2D eigenvalue weighted by Gasteiger charge is -2.50. The molecule has 57 heavy (non-hydrogen) atoms. The fourth-order valence-corrected chi connectivity index (χ4v) is 11.1. The third-order valence-electron chi connectivity index (χ3n) is 14.1. The fourth-order valence-electron chi connectivity index (χ4n) is 11.1. The number of fused-ring (bicyclic) bond motifs is 11. The van der Waals surface area contributed by atoms with Gasteiger partial charge in [0.05, 0.1) is 22.3 Å². The molecule has 5 heteroatoms. The van der Waals surface area contributed by atoms with Gasteiger partial charge in [0, 0.05) is 55.3 Å². The van der Waals surface area contributed by atoms with Crippen molar-refractivity contribution in [3.05, 3.63) is 150 Å². The Morgan fingerprint density at radius 3 is 2.26 bits per heavy atom. The Bertz CT molecular complexity index is 3150. The van der Waals surface area contributed by atoms with Crippen LogP contribution in [0.5, 0.6) is 0 Å². The average molecular weight is 737 g/mol. The molecule has 4 nitrogen and oxygen atoms in total. The van der Waals surface area contributed by atoms with E-state index in [0.717, 1.165) is 45.3 Å². The van der Waals surface area contributed by atoms with Gasteiger partial charge in [-0.25, -0.2) is 0 Å². The molecular formula is C52H43BN3O. The number of hydrogen-bond acceptors (Lipinski definition) is 3. The first kappa shape index (κ1) is 33.0. The molecule has 2 atom stereocenters. The fraction of sp³-hybridized carbons (Fsp3) is 0.192. The molecule has 1 aliphatic carbocycles. The summed E-state index contributed by atoms with van der Waals surface area (Å²) in [5, 5.41) is 8.75. The predicted molar refractivity (Wildman–Crippen MR) is 241 cm³/mol. The number of aromatic nitrogens is 1. The molecule has 0 saturated heterocycles. The summed E-state index contributed by atoms with van der Waals surface area (Å²) in [6.07, 6.45) is 4.79. The van der Waals surface area contributed by atoms with Crippen molar-refractivity contribution in [2.45, 2.75) is 64.3 Å². The van der Waals surface area contributed by atoms with E-state index < -0.39 is 0 Å². The van der Waals surface area contributed by atoms with Crippen LogP contribution in [-0.2, 0) is 5.41 Å². The summed E-state index contributed by atoms with van der Waals surface area (Å²) in [7, 11) is 2.45. The van der Waals surface area contributed by atoms with Gasteiger partial charge in [0.1, 0.15) is 11.2 Å². The van der Waals surface area contributed by atoms with Crippen molar-refractivity contribution in [1.82, 2.24) is 4.57 Å². The number of aryl methyl sites for hydroxylation is 2. The molecule has 2 aromatic heterocycles. The zero-order chi connectivity index (χ0) is 38.2. The van der Waals surface area contributed by atoms with Gasteiger partial charge in [-0.05, 0) is 105 Å². The van der Waals surface area contributed by atoms with Crippen LogP contribution in [0.3, 0.4) is 0 Å². The number of furan rings is 1. The second-order valence-electron chi connectivity index (χ2n) is 17.3. The minimum atomic E-state index is -0.113. The van der Waals surface area contributed by atoms with Crippen LogP contribution in [0, 0.1) is 13.8 Å². The molecule has 0 bridgehead atoms. The van der Waals surface area contributed by atoms with Gasteiger partial charge in [0.25, 0.3) is 0 Å². The number of anilines is 4. The van der Waals surface area contributed by atoms with E-state index in [0.29, 0.717) is 0 Å². The molecule has 1 saturated carbocycles. The van der Waals surface area contributed by atoms with Crippen molar-refractivity contribution in [2.75, 3.05) is 10.2 Å². The maximum atomic E-state index is 6.68. The minimum Gasteiger partial charge on any atom is -0.456 e. The monoisotopic (exact) mass is 736 g/mol. The lowest BCUT2D eigenvalue weighted by atomic mass is 9.58. The number of hydrogen-bond donors (Lipinski definition) is 1. The second-order valence-corrected chi connectivity index (χ2v) is 17.3. The van der Waals surface area contributed by atoms with Crippen molar-refractivity contribution in [1.29, 1.82) is 0 Å². The van der Waals surface area contributed by atoms with Crippen molar-refractivity contribution in [3.8, 4) is 16.8 Å². The molecule has 9 aromatic rings. The lowest BCUT2D eigenvalue weighted by molar-refractivity contribution is 0.195. The van der Waals surface area contributed by atoms with Crippen molar-refractivity contribution in [2.24, 2.45) is 0 Å². The van der Waals surface area contributed by atoms with Crippen LogP contribution < -0.4 is 21.1 Å². The minimum absolute atomic E-state index is 0.0179. The van der Waals surface area contributed by atoms with Crippen LogP contribution in [0.4, 0.5) is 22.7 Å². The summed E-state index contributed by atoms with van der Waals surface area (Å²) in [5.74, 6) is 0. The molecule has 2 aliphatic heterocycles. The van der Waals surface area contributed by atoms with Crippen molar-refractivity contribution < 1.29 is 4.42 Å². The van der Waals surface area contributed by atoms with Crippen LogP contribution in [0.2, 0.25) is 0 Å². The van der Waals surface area contributed by atoms with E-state index in [9.17, 15) is 0 Å². The first-order valence-corrected chi connectivity index (χ1v) is 20.6. The van der Waals surface area contributed by atoms with E-state index in [-0.39, 0.29) is 11.0 Å². The van der Waals surface area contributed by atoms with E-state index in [1.165, 1.54) is 91.3 Å². The average Bonchev–Trinajstić information content (AvgIpc) is 3.83. The molecule has 2 unspecified atom stereocenters. The smallest absolute Gasteiger partial charge is 0.197 e. The summed E-state index contributed by atoms with van der Waals surface area (Å²) < 4.78 is 9.23. The van der Waals surface area contributed by atoms with E-state index in [2.05, 4.69) is 183 Å². The van der Waals surface area contributed by atoms with Crippen LogP contribution in [-0.4, -0.2) is 17.4 Å². The number of para-hydroxylation sites is 3. The molecule has 0 spiro atoms. The molecule has 3 aliphatic rings. The highest BCUT2D eigenvalue weighted by Gasteiger charge is 2.58. The molecule has 4 heterocycles. The quantitative estimate of drug-likeness (QED) is 0.183. The van der Waals surface area contributed by atoms with Crippen molar-refractivity contribution >= 4 is 84.7 Å². The van der Waals surface area contributed by atoms with E-state index in [1.807, 2.05) is 0 Å². The third-order valence-corrected chi connectivity index (χ3v) is 14.1. The Labute approximate surface area is 334 Å². The maximum absolute atomic E-state index is 6.68. The summed E-state index contributed by atoms with van der Waals surface area (Å²) in [4.78, 5) is 2.78. The lowest BCUT2D eigenvalue weighted by Crippen LogP contribution is -2.54. The largest absolute Gasteiger partial charge is 0.456 e. The zero-order valence-electron chi connectivity index (χ0n) is 32.9. The normalized spacial score (nSPS) is 19.5. The Morgan fingerprint density at radius 1 is 0.632 bits per heavy atom. The van der Waals surface area contributed by atoms with E-state index in [1.54, 1.807) is 0 Å². The van der Waals surface area contributed by atoms with Gasteiger partial charge >= 0.3 is 0 Å². The Balaban J connectivity index is 1.24. The highest BCUT2D eigenvalue weighted by Crippen LogP contribution is 2.62. The Morgan fingerprint density at radius 2 is 1.39 bits per heavy atom. The highest BCUT2D eigenvalue weighted by molar-refractivity contribution is 6.73. The van der Waals surface area contributed by atoms with Gasteiger partial charge in [-0.1, -0.05) is 115 Å². The van der Waals surface area contributed by atoms with Gasteiger partial charge in [-0.2, -0.15) is 0 Å². The maximum Gasteiger partial charge on any atom is 0.197 e. The Hall–Kier alpha value is -6.20. The molecule has 0 amide bonds. The molecule has 7 aromatic carbocycles. The summed E-state index contributed by atoms with van der Waals surface area (Å²) >= 11 is 0. The third kappa shape index (κ3) is 4.46. The van der Waals surface area contributed by atoms with Crippen LogP contribution in [0.25, 0.3) is 60.6 Å². The molecule has 1 N–H and O–H groups in total. The Kier molecular flexibility index (Phi) is 6.76. The summed E-state index contributed by atoms with van der Waals surface area (Å²) in [5.41, 5.74) is 18.9. The van der Waals surface area contributed by atoms with Gasteiger partial charge in [-0.15, -0.1) is 0 Å². The first-order chi connectivity index (χ1) is 27.8. The zero-order valence-corrected chi connectivity index (χ0v) is 32.9. The summed E-state index contributed by atoms with van der Waals surface area (Å²) in [6, 6.07) is 49.5. The summed E-state index contributed by atoms with van der Waals surface area (Å²) in [6.45, 7) is 9.42. The van der Waals surface area contributed by atoms with Gasteiger partial charge in [0.15, 0.2) is 7.28 Å². The highest BCUT2D eigenvalue weighted by atomic mass is 16.3. The number of rotatable bonds is 4. The molecular weight excluding hydrogens is 693 g/mol.